The van der Waals surface area contributed by atoms with Crippen molar-refractivity contribution in [2.24, 2.45) is 0 Å². The lowest BCUT2D eigenvalue weighted by atomic mass is 9.87. The Hall–Kier alpha value is -3.26. The molecule has 194 valence electrons. The molecular weight excluding hydrogens is 458 g/mol. The van der Waals surface area contributed by atoms with Gasteiger partial charge in [-0.3, -0.25) is 5.10 Å². The third-order valence-electron chi connectivity index (χ3n) is 5.89. The maximum Gasteiger partial charge on any atom is 0.188 e. The fourth-order valence-electron chi connectivity index (χ4n) is 3.69. The number of aromatic amines is 1. The summed E-state index contributed by atoms with van der Waals surface area (Å²) in [6, 6.07) is 12.0. The van der Waals surface area contributed by atoms with Gasteiger partial charge in [0.05, 0.1) is 13.2 Å². The molecule has 0 radical (unpaired) electrons. The van der Waals surface area contributed by atoms with Gasteiger partial charge in [-0.1, -0.05) is 53.7 Å². The molecule has 0 aliphatic carbocycles. The topological polar surface area (TPSA) is 87.7 Å². The van der Waals surface area contributed by atoms with Crippen LogP contribution in [0.1, 0.15) is 64.3 Å². The molecule has 1 N–H and O–H groups in total. The van der Waals surface area contributed by atoms with Crippen LogP contribution in [0.25, 0.3) is 0 Å². The second kappa shape index (κ2) is 10.8. The highest BCUT2D eigenvalue weighted by atomic mass is 16.6. The molecule has 2 aromatic carbocycles. The SMILES string of the molecule is CC(C)(C)c1ccc2c(c1)OCCOCCOc1cc(C(C)(C)C)ccc1OCc1nc(n[nH]1)CO2. The van der Waals surface area contributed by atoms with Gasteiger partial charge in [0.25, 0.3) is 0 Å². The number of hydrogen-bond acceptors (Lipinski definition) is 7. The van der Waals surface area contributed by atoms with Gasteiger partial charge in [-0.05, 0) is 46.2 Å². The van der Waals surface area contributed by atoms with Gasteiger partial charge in [-0.15, -0.1) is 0 Å². The van der Waals surface area contributed by atoms with Crippen molar-refractivity contribution in [2.45, 2.75) is 65.6 Å². The molecule has 1 aromatic heterocycles. The minimum atomic E-state index is -0.0139. The standard InChI is InChI=1S/C28H37N3O5/c1-27(2,3)19-7-9-21-23(15-19)33-13-11-32-12-14-34-24-16-20(28(4,5)6)8-10-22(24)36-18-26-29-25(17-35-21)30-31-26/h7-10,15-16H,11-14,17-18H2,1-6H3,(H,29,30,31). The van der Waals surface area contributed by atoms with E-state index in [2.05, 4.69) is 68.9 Å². The molecule has 2 heterocycles. The average Bonchev–Trinajstić information content (AvgIpc) is 3.27. The van der Waals surface area contributed by atoms with Crippen molar-refractivity contribution < 1.29 is 23.7 Å². The molecule has 0 unspecified atom stereocenters. The summed E-state index contributed by atoms with van der Waals surface area (Å²) in [7, 11) is 0. The van der Waals surface area contributed by atoms with Crippen LogP contribution in [-0.4, -0.2) is 41.6 Å². The third-order valence-corrected chi connectivity index (χ3v) is 5.89. The lowest BCUT2D eigenvalue weighted by Gasteiger charge is -2.22. The van der Waals surface area contributed by atoms with Crippen LogP contribution in [0.3, 0.4) is 0 Å². The molecule has 0 spiro atoms. The minimum absolute atomic E-state index is 0.0127. The Morgan fingerprint density at radius 2 is 1.17 bits per heavy atom. The van der Waals surface area contributed by atoms with Crippen molar-refractivity contribution in [1.82, 2.24) is 15.2 Å². The van der Waals surface area contributed by atoms with Crippen molar-refractivity contribution in [3.05, 3.63) is 59.2 Å². The highest BCUT2D eigenvalue weighted by Gasteiger charge is 2.19. The van der Waals surface area contributed by atoms with Crippen LogP contribution in [0.2, 0.25) is 0 Å². The molecule has 0 saturated carbocycles. The molecule has 1 aliphatic heterocycles. The van der Waals surface area contributed by atoms with Gasteiger partial charge in [0.1, 0.15) is 26.4 Å². The summed E-state index contributed by atoms with van der Waals surface area (Å²) in [5, 5.41) is 7.21. The van der Waals surface area contributed by atoms with Crippen molar-refractivity contribution in [1.29, 1.82) is 0 Å². The zero-order chi connectivity index (χ0) is 25.8. The highest BCUT2D eigenvalue weighted by molar-refractivity contribution is 5.46. The normalized spacial score (nSPS) is 15.6. The van der Waals surface area contributed by atoms with Crippen LogP contribution >= 0.6 is 0 Å². The summed E-state index contributed by atoms with van der Waals surface area (Å²) in [5.41, 5.74) is 2.29. The van der Waals surface area contributed by atoms with Crippen molar-refractivity contribution in [2.75, 3.05) is 26.4 Å². The summed E-state index contributed by atoms with van der Waals surface area (Å²) in [6.45, 7) is 15.1. The molecule has 8 nitrogen and oxygen atoms in total. The zero-order valence-corrected chi connectivity index (χ0v) is 22.1. The van der Waals surface area contributed by atoms with E-state index < -0.39 is 0 Å². The van der Waals surface area contributed by atoms with Gasteiger partial charge in [0.2, 0.25) is 0 Å². The largest absolute Gasteiger partial charge is 0.487 e. The number of fused-ring (bicyclic) bond motifs is 4. The molecule has 3 aromatic rings. The van der Waals surface area contributed by atoms with Crippen LogP contribution in [-0.2, 0) is 28.8 Å². The minimum Gasteiger partial charge on any atom is -0.487 e. The number of aromatic nitrogens is 3. The van der Waals surface area contributed by atoms with Gasteiger partial charge >= 0.3 is 0 Å². The van der Waals surface area contributed by atoms with Crippen LogP contribution in [0.4, 0.5) is 0 Å². The molecule has 4 rings (SSSR count). The zero-order valence-electron chi connectivity index (χ0n) is 22.1. The Morgan fingerprint density at radius 3 is 1.69 bits per heavy atom. The van der Waals surface area contributed by atoms with E-state index in [1.807, 2.05) is 24.3 Å². The van der Waals surface area contributed by atoms with E-state index >= 15 is 0 Å². The van der Waals surface area contributed by atoms with Crippen LogP contribution < -0.4 is 18.9 Å². The van der Waals surface area contributed by atoms with Crippen LogP contribution in [0, 0.1) is 0 Å². The Labute approximate surface area is 213 Å². The Bertz CT molecular complexity index is 1070. The van der Waals surface area contributed by atoms with Gasteiger partial charge in [-0.2, -0.15) is 5.10 Å². The predicted octanol–water partition coefficient (Wildman–Crippen LogP) is 5.35. The first-order chi connectivity index (χ1) is 17.1. The quantitative estimate of drug-likeness (QED) is 0.450. The summed E-state index contributed by atoms with van der Waals surface area (Å²) < 4.78 is 29.9. The van der Waals surface area contributed by atoms with E-state index in [1.54, 1.807) is 0 Å². The average molecular weight is 496 g/mol. The number of benzene rings is 2. The second-order valence-electron chi connectivity index (χ2n) is 10.9. The number of rotatable bonds is 0. The first-order valence-electron chi connectivity index (χ1n) is 12.4. The number of H-pyrrole nitrogens is 1. The molecular formula is C28H37N3O5. The summed E-state index contributed by atoms with van der Waals surface area (Å²) in [6.07, 6.45) is 0. The number of hydrogen-bond donors (Lipinski definition) is 1. The first-order valence-corrected chi connectivity index (χ1v) is 12.4. The third kappa shape index (κ3) is 6.69. The number of nitrogens with one attached hydrogen (secondary N) is 1. The Kier molecular flexibility index (Phi) is 7.73. The summed E-state index contributed by atoms with van der Waals surface area (Å²) in [4.78, 5) is 4.51. The van der Waals surface area contributed by atoms with Crippen molar-refractivity contribution in [3.8, 4) is 23.0 Å². The lowest BCUT2D eigenvalue weighted by molar-refractivity contribution is 0.0742. The summed E-state index contributed by atoms with van der Waals surface area (Å²) in [5.74, 6) is 3.76. The molecule has 0 amide bonds. The smallest absolute Gasteiger partial charge is 0.188 e. The molecule has 8 heteroatoms. The van der Waals surface area contributed by atoms with E-state index in [9.17, 15) is 0 Å². The maximum atomic E-state index is 6.06. The maximum absolute atomic E-state index is 6.06. The molecule has 1 aliphatic rings. The van der Waals surface area contributed by atoms with Crippen molar-refractivity contribution in [3.63, 3.8) is 0 Å². The van der Waals surface area contributed by atoms with Gasteiger partial charge < -0.3 is 23.7 Å². The van der Waals surface area contributed by atoms with Gasteiger partial charge in [-0.25, -0.2) is 4.98 Å². The van der Waals surface area contributed by atoms with Gasteiger partial charge in [0, 0.05) is 0 Å². The van der Waals surface area contributed by atoms with Crippen molar-refractivity contribution >= 4 is 0 Å². The molecule has 36 heavy (non-hydrogen) atoms. The molecule has 0 saturated heterocycles. The fourth-order valence-corrected chi connectivity index (χ4v) is 3.69. The van der Waals surface area contributed by atoms with E-state index in [0.717, 1.165) is 11.1 Å². The fraction of sp³-hybridized carbons (Fsp3) is 0.500. The Morgan fingerprint density at radius 1 is 0.639 bits per heavy atom. The van der Waals surface area contributed by atoms with E-state index in [0.29, 0.717) is 61.1 Å². The van der Waals surface area contributed by atoms with E-state index in [-0.39, 0.29) is 24.0 Å². The lowest BCUT2D eigenvalue weighted by Crippen LogP contribution is -2.15. The number of nitrogens with zero attached hydrogens (tertiary/aromatic N) is 2. The molecule has 2 bridgehead atoms. The number of ether oxygens (including phenoxy) is 5. The van der Waals surface area contributed by atoms with Crippen LogP contribution in [0.15, 0.2) is 36.4 Å². The second-order valence-corrected chi connectivity index (χ2v) is 10.9. The predicted molar refractivity (Wildman–Crippen MR) is 137 cm³/mol. The molecule has 0 atom stereocenters. The van der Waals surface area contributed by atoms with Gasteiger partial charge in [0.15, 0.2) is 34.6 Å². The highest BCUT2D eigenvalue weighted by Crippen LogP contribution is 2.35. The Balaban J connectivity index is 1.54. The van der Waals surface area contributed by atoms with E-state index in [1.165, 1.54) is 0 Å². The van der Waals surface area contributed by atoms with Crippen LogP contribution in [0.5, 0.6) is 23.0 Å². The monoisotopic (exact) mass is 495 g/mol. The molecule has 0 fully saturated rings. The first kappa shape index (κ1) is 25.8. The summed E-state index contributed by atoms with van der Waals surface area (Å²) >= 11 is 0. The van der Waals surface area contributed by atoms with E-state index in [4.69, 9.17) is 23.7 Å².